The van der Waals surface area contributed by atoms with Crippen molar-refractivity contribution >= 4 is 21.2 Å². The molecule has 0 spiro atoms. The molecule has 2 saturated heterocycles. The predicted octanol–water partition coefficient (Wildman–Crippen LogP) is 0.288. The predicted molar refractivity (Wildman–Crippen MR) is 98.9 cm³/mol. The van der Waals surface area contributed by atoms with Gasteiger partial charge in [0.25, 0.3) is 10.2 Å². The summed E-state index contributed by atoms with van der Waals surface area (Å²) in [5.74, 6) is -0.121. The van der Waals surface area contributed by atoms with E-state index in [0.29, 0.717) is 39.0 Å². The van der Waals surface area contributed by atoms with Crippen LogP contribution < -0.4 is 0 Å². The first-order valence-electron chi connectivity index (χ1n) is 9.12. The molecule has 2 fully saturated rings. The van der Waals surface area contributed by atoms with E-state index < -0.39 is 15.8 Å². The van der Waals surface area contributed by atoms with Crippen LogP contribution >= 0.6 is 0 Å². The lowest BCUT2D eigenvalue weighted by Gasteiger charge is -2.50. The lowest BCUT2D eigenvalue weighted by molar-refractivity contribution is -0.103. The molecular weight excluding hydrogens is 370 g/mol. The maximum Gasteiger partial charge on any atom is 0.281 e. The molecule has 1 aromatic heterocycles. The maximum absolute atomic E-state index is 12.5. The van der Waals surface area contributed by atoms with Gasteiger partial charge in [0.2, 0.25) is 0 Å². The lowest BCUT2D eigenvalue weighted by atomic mass is 9.76. The molecule has 0 aliphatic carbocycles. The fourth-order valence-electron chi connectivity index (χ4n) is 4.16. The Morgan fingerprint density at radius 2 is 2.04 bits per heavy atom. The van der Waals surface area contributed by atoms with Crippen molar-refractivity contribution in [3.63, 3.8) is 0 Å². The van der Waals surface area contributed by atoms with Gasteiger partial charge in [0.05, 0.1) is 5.60 Å². The van der Waals surface area contributed by atoms with Crippen molar-refractivity contribution in [1.29, 1.82) is 0 Å². The first-order valence-corrected chi connectivity index (χ1v) is 10.5. The maximum atomic E-state index is 12.5. The molecule has 2 aliphatic rings. The quantitative estimate of drug-likeness (QED) is 0.793. The second-order valence-electron chi connectivity index (χ2n) is 7.73. The van der Waals surface area contributed by atoms with E-state index in [0.717, 1.165) is 23.1 Å². The van der Waals surface area contributed by atoms with Gasteiger partial charge in [0.15, 0.2) is 0 Å². The summed E-state index contributed by atoms with van der Waals surface area (Å²) < 4.78 is 32.5. The van der Waals surface area contributed by atoms with E-state index in [4.69, 9.17) is 4.63 Å². The van der Waals surface area contributed by atoms with Crippen LogP contribution in [0.2, 0.25) is 0 Å². The van der Waals surface area contributed by atoms with Crippen LogP contribution in [0.4, 0.5) is 0 Å². The van der Waals surface area contributed by atoms with Gasteiger partial charge in [-0.25, -0.2) is 4.63 Å². The molecule has 9 nitrogen and oxygen atoms in total. The first kappa shape index (κ1) is 18.8. The number of likely N-dealkylation sites (tertiary alicyclic amines) is 1. The summed E-state index contributed by atoms with van der Waals surface area (Å²) in [5.41, 5.74) is 1.70. The minimum absolute atomic E-state index is 0.121. The van der Waals surface area contributed by atoms with Crippen LogP contribution in [0.1, 0.15) is 18.4 Å². The van der Waals surface area contributed by atoms with Crippen molar-refractivity contribution in [2.45, 2.75) is 25.0 Å². The SMILES string of the molecule is CN(C)S(=O)(=O)N1CC[C@]2(O)CCN(Cc3cccc4nonc34)C[C@@H]2C1. The van der Waals surface area contributed by atoms with Gasteiger partial charge in [0, 0.05) is 52.7 Å². The molecule has 2 aromatic rings. The van der Waals surface area contributed by atoms with Crippen LogP contribution in [0.3, 0.4) is 0 Å². The molecule has 0 bridgehead atoms. The van der Waals surface area contributed by atoms with Crippen LogP contribution in [-0.2, 0) is 16.8 Å². The Balaban J connectivity index is 1.51. The van der Waals surface area contributed by atoms with Gasteiger partial charge in [-0.15, -0.1) is 0 Å². The van der Waals surface area contributed by atoms with E-state index in [9.17, 15) is 13.5 Å². The molecule has 0 radical (unpaired) electrons. The monoisotopic (exact) mass is 395 g/mol. The first-order chi connectivity index (χ1) is 12.8. The molecule has 1 aromatic carbocycles. The highest BCUT2D eigenvalue weighted by Crippen LogP contribution is 2.37. The van der Waals surface area contributed by atoms with Gasteiger partial charge in [-0.3, -0.25) is 4.90 Å². The summed E-state index contributed by atoms with van der Waals surface area (Å²) in [7, 11) is -0.393. The highest BCUT2D eigenvalue weighted by Gasteiger charge is 2.47. The van der Waals surface area contributed by atoms with E-state index in [1.165, 1.54) is 22.7 Å². The molecule has 2 atom stereocenters. The van der Waals surface area contributed by atoms with Crippen LogP contribution in [0.5, 0.6) is 0 Å². The summed E-state index contributed by atoms with van der Waals surface area (Å²) in [5, 5.41) is 18.9. The van der Waals surface area contributed by atoms with Gasteiger partial charge in [0.1, 0.15) is 11.0 Å². The number of fused-ring (bicyclic) bond motifs is 2. The lowest BCUT2D eigenvalue weighted by Crippen LogP contribution is -2.61. The van der Waals surface area contributed by atoms with Crippen molar-refractivity contribution in [1.82, 2.24) is 23.8 Å². The van der Waals surface area contributed by atoms with Crippen LogP contribution in [0, 0.1) is 5.92 Å². The summed E-state index contributed by atoms with van der Waals surface area (Å²) in [6.45, 7) is 2.76. The van der Waals surface area contributed by atoms with E-state index in [1.54, 1.807) is 0 Å². The van der Waals surface area contributed by atoms with Crippen molar-refractivity contribution in [2.24, 2.45) is 5.92 Å². The average molecular weight is 395 g/mol. The Kier molecular flexibility index (Phi) is 4.71. The number of aliphatic hydroxyl groups is 1. The third-order valence-electron chi connectivity index (χ3n) is 5.87. The molecule has 4 rings (SSSR count). The number of hydrogen-bond donors (Lipinski definition) is 1. The fourth-order valence-corrected chi connectivity index (χ4v) is 5.31. The van der Waals surface area contributed by atoms with Crippen molar-refractivity contribution < 1.29 is 18.2 Å². The minimum Gasteiger partial charge on any atom is -0.389 e. The minimum atomic E-state index is -3.47. The highest BCUT2D eigenvalue weighted by molar-refractivity contribution is 7.86. The van der Waals surface area contributed by atoms with E-state index in [1.807, 2.05) is 18.2 Å². The Morgan fingerprint density at radius 1 is 1.26 bits per heavy atom. The smallest absolute Gasteiger partial charge is 0.281 e. The third kappa shape index (κ3) is 3.36. The third-order valence-corrected chi connectivity index (χ3v) is 7.78. The summed E-state index contributed by atoms with van der Waals surface area (Å²) in [4.78, 5) is 2.24. The zero-order valence-electron chi connectivity index (χ0n) is 15.6. The second-order valence-corrected chi connectivity index (χ2v) is 9.88. The Morgan fingerprint density at radius 3 is 2.81 bits per heavy atom. The van der Waals surface area contributed by atoms with Gasteiger partial charge in [-0.05, 0) is 34.8 Å². The van der Waals surface area contributed by atoms with Gasteiger partial charge >= 0.3 is 0 Å². The zero-order valence-corrected chi connectivity index (χ0v) is 16.4. The number of benzene rings is 1. The number of piperidine rings is 2. The highest BCUT2D eigenvalue weighted by atomic mass is 32.2. The molecular formula is C17H25N5O4S. The number of rotatable bonds is 4. The summed E-state index contributed by atoms with van der Waals surface area (Å²) >= 11 is 0. The molecule has 0 amide bonds. The number of nitrogens with zero attached hydrogens (tertiary/aromatic N) is 5. The van der Waals surface area contributed by atoms with Crippen LogP contribution in [0.15, 0.2) is 22.8 Å². The molecule has 2 aliphatic heterocycles. The normalized spacial score (nSPS) is 27.9. The van der Waals surface area contributed by atoms with Crippen molar-refractivity contribution in [2.75, 3.05) is 40.3 Å². The average Bonchev–Trinajstić information content (AvgIpc) is 3.11. The molecule has 0 unspecified atom stereocenters. The second kappa shape index (κ2) is 6.78. The van der Waals surface area contributed by atoms with Gasteiger partial charge < -0.3 is 5.11 Å². The van der Waals surface area contributed by atoms with Gasteiger partial charge in [-0.2, -0.15) is 17.0 Å². The summed E-state index contributed by atoms with van der Waals surface area (Å²) in [6.07, 6.45) is 1.11. The molecule has 10 heteroatoms. The molecule has 27 heavy (non-hydrogen) atoms. The number of hydrogen-bond acceptors (Lipinski definition) is 7. The van der Waals surface area contributed by atoms with E-state index in [-0.39, 0.29) is 5.92 Å². The van der Waals surface area contributed by atoms with Gasteiger partial charge in [-0.1, -0.05) is 12.1 Å². The Labute approximate surface area is 158 Å². The topological polar surface area (TPSA) is 103 Å². The Hall–Kier alpha value is -1.59. The fraction of sp³-hybridized carbons (Fsp3) is 0.647. The molecule has 1 N–H and O–H groups in total. The molecule has 148 valence electrons. The standard InChI is InChI=1S/C17H25N5O4S/c1-20(2)27(24,25)22-9-7-17(23)6-8-21(11-14(17)12-22)10-13-4-3-5-15-16(13)19-26-18-15/h3-5,14,23H,6-12H2,1-2H3/t14-,17-/m1/s1. The largest absolute Gasteiger partial charge is 0.389 e. The zero-order chi connectivity index (χ0) is 19.2. The summed E-state index contributed by atoms with van der Waals surface area (Å²) in [6, 6.07) is 5.78. The van der Waals surface area contributed by atoms with Crippen molar-refractivity contribution in [3.05, 3.63) is 23.8 Å². The Bertz CT molecular complexity index is 930. The number of aromatic nitrogens is 2. The van der Waals surface area contributed by atoms with Crippen molar-refractivity contribution in [3.8, 4) is 0 Å². The molecule has 0 saturated carbocycles. The molecule has 3 heterocycles. The van der Waals surface area contributed by atoms with Crippen LogP contribution in [0.25, 0.3) is 11.0 Å². The van der Waals surface area contributed by atoms with E-state index >= 15 is 0 Å². The van der Waals surface area contributed by atoms with Crippen LogP contribution in [-0.4, -0.2) is 83.2 Å². The van der Waals surface area contributed by atoms with E-state index in [2.05, 4.69) is 15.2 Å².